The van der Waals surface area contributed by atoms with Crippen molar-refractivity contribution in [2.45, 2.75) is 31.3 Å². The number of rotatable bonds is 4. The summed E-state index contributed by atoms with van der Waals surface area (Å²) in [6.07, 6.45) is 1.94. The summed E-state index contributed by atoms with van der Waals surface area (Å²) in [5.41, 5.74) is 8.16. The fourth-order valence-corrected chi connectivity index (χ4v) is 4.47. The number of aromatic nitrogens is 2. The molecule has 1 amide bonds. The molecule has 1 aliphatic carbocycles. The molecule has 3 N–H and O–H groups in total. The molecule has 0 spiro atoms. The van der Waals surface area contributed by atoms with Crippen LogP contribution in [0.3, 0.4) is 0 Å². The van der Waals surface area contributed by atoms with Crippen molar-refractivity contribution in [1.82, 2.24) is 14.9 Å². The third-order valence-corrected chi connectivity index (χ3v) is 6.66. The van der Waals surface area contributed by atoms with E-state index in [0.717, 1.165) is 5.56 Å². The zero-order valence-corrected chi connectivity index (χ0v) is 18.3. The van der Waals surface area contributed by atoms with Crippen LogP contribution in [0.25, 0.3) is 0 Å². The van der Waals surface area contributed by atoms with E-state index in [-0.39, 0.29) is 18.4 Å². The van der Waals surface area contributed by atoms with Crippen molar-refractivity contribution in [3.63, 3.8) is 0 Å². The second-order valence-corrected chi connectivity index (χ2v) is 8.79. The highest BCUT2D eigenvalue weighted by Crippen LogP contribution is 2.38. The largest absolute Gasteiger partial charge is 0.387 e. The molecule has 7 nitrogen and oxygen atoms in total. The van der Waals surface area contributed by atoms with Crippen molar-refractivity contribution < 1.29 is 14.3 Å². The minimum Gasteiger partial charge on any atom is -0.387 e. The highest BCUT2D eigenvalue weighted by molar-refractivity contribution is 9.10. The number of aliphatic hydroxyl groups excluding tert-OH is 1. The molecule has 2 heterocycles. The number of halogens is 2. The van der Waals surface area contributed by atoms with Crippen molar-refractivity contribution in [3.8, 4) is 0 Å². The lowest BCUT2D eigenvalue weighted by atomic mass is 9.97. The zero-order chi connectivity index (χ0) is 21.4. The van der Waals surface area contributed by atoms with Crippen LogP contribution >= 0.6 is 15.9 Å². The second kappa shape index (κ2) is 8.56. The summed E-state index contributed by atoms with van der Waals surface area (Å²) < 4.78 is 14.3. The van der Waals surface area contributed by atoms with Gasteiger partial charge < -0.3 is 20.6 Å². The van der Waals surface area contributed by atoms with Gasteiger partial charge in [-0.05, 0) is 51.5 Å². The normalized spacial score (nSPS) is 22.2. The van der Waals surface area contributed by atoms with Crippen molar-refractivity contribution >= 4 is 27.8 Å². The maximum Gasteiger partial charge on any atom is 0.231 e. The fraction of sp³-hybridized carbons (Fsp3) is 0.476. The molecule has 1 saturated heterocycles. The third kappa shape index (κ3) is 3.93. The van der Waals surface area contributed by atoms with E-state index in [1.807, 2.05) is 11.1 Å². The molecule has 30 heavy (non-hydrogen) atoms. The first-order valence-corrected chi connectivity index (χ1v) is 10.9. The average molecular weight is 478 g/mol. The van der Waals surface area contributed by atoms with Crippen LogP contribution in [0.4, 0.5) is 10.3 Å². The molecule has 0 bridgehead atoms. The lowest BCUT2D eigenvalue weighted by molar-refractivity contribution is -0.132. The Bertz CT molecular complexity index is 951. The zero-order valence-electron chi connectivity index (χ0n) is 16.8. The standard InChI is InChI=1S/C21H25BrFN5O2/c1-12-8-18(29)19-15(12)11-25-21(26-19)28-6-4-27(5-7-28)20(30)14(10-24)13-2-3-16(22)17(23)9-13/h2-3,9,11-12,14,18,29H,4-8,10,24H2,1H3/t12-,14-,18+/m1/s1. The molecule has 9 heteroatoms. The number of nitrogens with two attached hydrogens (primary N) is 1. The molecule has 2 aromatic rings. The molecule has 1 aliphatic heterocycles. The molecule has 1 fully saturated rings. The van der Waals surface area contributed by atoms with E-state index in [0.29, 0.717) is 54.3 Å². The number of hydrogen-bond acceptors (Lipinski definition) is 6. The van der Waals surface area contributed by atoms with Crippen LogP contribution < -0.4 is 10.6 Å². The molecule has 0 radical (unpaired) electrons. The lowest BCUT2D eigenvalue weighted by Crippen LogP contribution is -2.51. The van der Waals surface area contributed by atoms with E-state index in [1.54, 1.807) is 17.0 Å². The first-order chi connectivity index (χ1) is 14.4. The summed E-state index contributed by atoms with van der Waals surface area (Å²) in [5.74, 6) is -0.242. The molecule has 2 aliphatic rings. The fourth-order valence-electron chi connectivity index (χ4n) is 4.22. The molecule has 0 unspecified atom stereocenters. The van der Waals surface area contributed by atoms with Crippen LogP contribution in [0, 0.1) is 5.82 Å². The highest BCUT2D eigenvalue weighted by atomic mass is 79.9. The van der Waals surface area contributed by atoms with Crippen LogP contribution in [0.5, 0.6) is 0 Å². The first kappa shape index (κ1) is 21.1. The van der Waals surface area contributed by atoms with Gasteiger partial charge in [0.25, 0.3) is 0 Å². The number of amides is 1. The maximum absolute atomic E-state index is 13.9. The second-order valence-electron chi connectivity index (χ2n) is 7.94. The molecular weight excluding hydrogens is 453 g/mol. The van der Waals surface area contributed by atoms with Gasteiger partial charge in [-0.3, -0.25) is 4.79 Å². The number of piperazine rings is 1. The van der Waals surface area contributed by atoms with Gasteiger partial charge >= 0.3 is 0 Å². The van der Waals surface area contributed by atoms with E-state index in [4.69, 9.17) is 5.73 Å². The number of nitrogens with zero attached hydrogens (tertiary/aromatic N) is 4. The Hall–Kier alpha value is -2.10. The van der Waals surface area contributed by atoms with Crippen molar-refractivity contribution in [1.29, 1.82) is 0 Å². The van der Waals surface area contributed by atoms with Crippen molar-refractivity contribution in [2.75, 3.05) is 37.6 Å². The van der Waals surface area contributed by atoms with Crippen LogP contribution in [0.1, 0.15) is 48.1 Å². The SMILES string of the molecule is C[C@@H]1C[C@H](O)c2nc(N3CCN(C(=O)[C@H](CN)c4ccc(Br)c(F)c4)CC3)ncc21. The van der Waals surface area contributed by atoms with E-state index >= 15 is 0 Å². The van der Waals surface area contributed by atoms with Crippen LogP contribution in [0.15, 0.2) is 28.9 Å². The molecule has 0 saturated carbocycles. The van der Waals surface area contributed by atoms with Gasteiger partial charge in [0, 0.05) is 38.9 Å². The summed E-state index contributed by atoms with van der Waals surface area (Å²) in [6.45, 7) is 4.36. The van der Waals surface area contributed by atoms with E-state index < -0.39 is 17.8 Å². The van der Waals surface area contributed by atoms with Gasteiger partial charge in [-0.15, -0.1) is 0 Å². The minimum atomic E-state index is -0.577. The number of carbonyl (C=O) groups is 1. The smallest absolute Gasteiger partial charge is 0.231 e. The van der Waals surface area contributed by atoms with Crippen LogP contribution in [0.2, 0.25) is 0 Å². The Kier molecular flexibility index (Phi) is 6.04. The lowest BCUT2D eigenvalue weighted by Gasteiger charge is -2.36. The average Bonchev–Trinajstić information content (AvgIpc) is 3.04. The van der Waals surface area contributed by atoms with Gasteiger partial charge in [-0.2, -0.15) is 0 Å². The van der Waals surface area contributed by atoms with Gasteiger partial charge in [0.05, 0.1) is 22.2 Å². The van der Waals surface area contributed by atoms with Crippen LogP contribution in [-0.2, 0) is 4.79 Å². The molecule has 4 rings (SSSR count). The minimum absolute atomic E-state index is 0.0991. The third-order valence-electron chi connectivity index (χ3n) is 6.01. The molecule has 1 aromatic heterocycles. The number of hydrogen-bond donors (Lipinski definition) is 2. The molecule has 1 aromatic carbocycles. The quantitative estimate of drug-likeness (QED) is 0.701. The van der Waals surface area contributed by atoms with Gasteiger partial charge in [0.1, 0.15) is 5.82 Å². The summed E-state index contributed by atoms with van der Waals surface area (Å²) in [6, 6.07) is 4.68. The number of benzene rings is 1. The highest BCUT2D eigenvalue weighted by Gasteiger charge is 2.32. The molecular formula is C21H25BrFN5O2. The monoisotopic (exact) mass is 477 g/mol. The summed E-state index contributed by atoms with van der Waals surface area (Å²) in [4.78, 5) is 25.9. The number of aliphatic hydroxyl groups is 1. The Balaban J connectivity index is 1.43. The molecule has 3 atom stereocenters. The predicted molar refractivity (Wildman–Crippen MR) is 115 cm³/mol. The first-order valence-electron chi connectivity index (χ1n) is 10.1. The van der Waals surface area contributed by atoms with E-state index in [1.165, 1.54) is 6.07 Å². The van der Waals surface area contributed by atoms with E-state index in [2.05, 4.69) is 32.8 Å². The van der Waals surface area contributed by atoms with Crippen molar-refractivity contribution in [3.05, 3.63) is 51.5 Å². The Morgan fingerprint density at radius 3 is 2.77 bits per heavy atom. The summed E-state index contributed by atoms with van der Waals surface area (Å²) in [5, 5.41) is 10.2. The van der Waals surface area contributed by atoms with Gasteiger partial charge in [0.15, 0.2) is 0 Å². The summed E-state index contributed by atoms with van der Waals surface area (Å²) >= 11 is 3.13. The summed E-state index contributed by atoms with van der Waals surface area (Å²) in [7, 11) is 0. The van der Waals surface area contributed by atoms with Crippen LogP contribution in [-0.4, -0.2) is 58.6 Å². The Labute approximate surface area is 183 Å². The maximum atomic E-state index is 13.9. The molecule has 160 valence electrons. The number of anilines is 1. The topological polar surface area (TPSA) is 95.6 Å². The predicted octanol–water partition coefficient (Wildman–Crippen LogP) is 2.31. The van der Waals surface area contributed by atoms with Crippen molar-refractivity contribution in [2.24, 2.45) is 5.73 Å². The number of carbonyl (C=O) groups excluding carboxylic acids is 1. The Morgan fingerprint density at radius 2 is 2.10 bits per heavy atom. The Morgan fingerprint density at radius 1 is 1.37 bits per heavy atom. The number of fused-ring (bicyclic) bond motifs is 1. The van der Waals surface area contributed by atoms with Gasteiger partial charge in [-0.1, -0.05) is 13.0 Å². The van der Waals surface area contributed by atoms with Gasteiger partial charge in [-0.25, -0.2) is 14.4 Å². The van der Waals surface area contributed by atoms with E-state index in [9.17, 15) is 14.3 Å². The van der Waals surface area contributed by atoms with Gasteiger partial charge in [0.2, 0.25) is 11.9 Å².